The van der Waals surface area contributed by atoms with E-state index in [1.165, 1.54) is 10.4 Å². The average Bonchev–Trinajstić information content (AvgIpc) is 2.70. The van der Waals surface area contributed by atoms with Crippen molar-refractivity contribution in [1.82, 2.24) is 4.98 Å². The Morgan fingerprint density at radius 2 is 1.84 bits per heavy atom. The third-order valence-electron chi connectivity index (χ3n) is 3.07. The lowest BCUT2D eigenvalue weighted by atomic mass is 9.86. The van der Waals surface area contributed by atoms with Crippen molar-refractivity contribution in [2.24, 2.45) is 5.90 Å². The Labute approximate surface area is 118 Å². The molecule has 0 atom stereocenters. The van der Waals surface area contributed by atoms with Crippen molar-refractivity contribution in [2.75, 3.05) is 0 Å². The van der Waals surface area contributed by atoms with Gasteiger partial charge in [0.05, 0.1) is 5.69 Å². The molecule has 0 saturated heterocycles. The summed E-state index contributed by atoms with van der Waals surface area (Å²) in [4.78, 5) is 10.4. The van der Waals surface area contributed by atoms with Crippen molar-refractivity contribution in [3.8, 4) is 11.3 Å². The van der Waals surface area contributed by atoms with Gasteiger partial charge in [-0.2, -0.15) is 0 Å². The van der Waals surface area contributed by atoms with Gasteiger partial charge in [0.25, 0.3) is 0 Å². The molecule has 0 fully saturated rings. The van der Waals surface area contributed by atoms with Crippen molar-refractivity contribution < 1.29 is 4.84 Å². The lowest BCUT2D eigenvalue weighted by molar-refractivity contribution is 0.124. The van der Waals surface area contributed by atoms with Crippen molar-refractivity contribution in [3.63, 3.8) is 0 Å². The number of benzene rings is 1. The Morgan fingerprint density at radius 1 is 1.21 bits per heavy atom. The van der Waals surface area contributed by atoms with Gasteiger partial charge in [-0.05, 0) is 17.9 Å². The molecule has 0 aliphatic heterocycles. The highest BCUT2D eigenvalue weighted by atomic mass is 32.1. The first-order valence-electron chi connectivity index (χ1n) is 6.30. The number of thiazole rings is 1. The molecule has 3 nitrogen and oxygen atoms in total. The van der Waals surface area contributed by atoms with E-state index in [0.717, 1.165) is 16.3 Å². The second kappa shape index (κ2) is 5.41. The van der Waals surface area contributed by atoms with Crippen LogP contribution < -0.4 is 5.90 Å². The minimum atomic E-state index is 0.175. The molecule has 1 aromatic carbocycles. The maximum absolute atomic E-state index is 5.09. The normalized spacial score (nSPS) is 11.8. The minimum Gasteiger partial charge on any atom is -0.297 e. The van der Waals surface area contributed by atoms with Crippen LogP contribution in [0.3, 0.4) is 0 Å². The van der Waals surface area contributed by atoms with E-state index in [0.29, 0.717) is 6.61 Å². The predicted octanol–water partition coefficient (Wildman–Crippen LogP) is 3.81. The zero-order valence-electron chi connectivity index (χ0n) is 11.9. The molecule has 2 aromatic rings. The Hall–Kier alpha value is -1.23. The summed E-state index contributed by atoms with van der Waals surface area (Å²) >= 11 is 1.63. The summed E-state index contributed by atoms with van der Waals surface area (Å²) in [5.74, 6) is 5.09. The van der Waals surface area contributed by atoms with E-state index in [2.05, 4.69) is 61.8 Å². The van der Waals surface area contributed by atoms with Crippen LogP contribution in [0.4, 0.5) is 0 Å². The number of nitrogens with zero attached hydrogens (tertiary/aromatic N) is 1. The summed E-state index contributed by atoms with van der Waals surface area (Å²) in [6, 6.07) is 8.62. The third kappa shape index (κ3) is 3.21. The molecule has 0 unspecified atom stereocenters. The predicted molar refractivity (Wildman–Crippen MR) is 80.0 cm³/mol. The molecule has 0 aliphatic carbocycles. The van der Waals surface area contributed by atoms with E-state index >= 15 is 0 Å². The van der Waals surface area contributed by atoms with Gasteiger partial charge < -0.3 is 0 Å². The average molecular weight is 276 g/mol. The van der Waals surface area contributed by atoms with Crippen molar-refractivity contribution in [1.29, 1.82) is 0 Å². The Balaban J connectivity index is 2.32. The smallest absolute Gasteiger partial charge is 0.121 e. The number of nitrogens with two attached hydrogens (primary N) is 1. The van der Waals surface area contributed by atoms with E-state index in [1.54, 1.807) is 11.3 Å². The molecule has 1 aromatic heterocycles. The molecule has 0 spiro atoms. The molecule has 0 radical (unpaired) electrons. The van der Waals surface area contributed by atoms with Crippen LogP contribution in [0, 0.1) is 6.92 Å². The van der Waals surface area contributed by atoms with E-state index in [4.69, 9.17) is 5.90 Å². The zero-order chi connectivity index (χ0) is 14.0. The molecule has 0 saturated carbocycles. The number of aromatic nitrogens is 1. The second-order valence-electron chi connectivity index (χ2n) is 5.65. The first kappa shape index (κ1) is 14.2. The fourth-order valence-electron chi connectivity index (χ4n) is 1.98. The molecule has 1 heterocycles. The summed E-state index contributed by atoms with van der Waals surface area (Å²) in [5.41, 5.74) is 3.67. The Kier molecular flexibility index (Phi) is 4.04. The molecular weight excluding hydrogens is 256 g/mol. The molecule has 2 rings (SSSR count). The van der Waals surface area contributed by atoms with Crippen LogP contribution in [0.15, 0.2) is 24.3 Å². The Bertz CT molecular complexity index is 553. The zero-order valence-corrected chi connectivity index (χ0v) is 12.7. The molecule has 102 valence electrons. The summed E-state index contributed by atoms with van der Waals surface area (Å²) in [5, 5.41) is 0.912. The third-order valence-corrected chi connectivity index (χ3v) is 4.02. The van der Waals surface area contributed by atoms with Crippen LogP contribution in [0.5, 0.6) is 0 Å². The number of hydrogen-bond acceptors (Lipinski definition) is 4. The number of hydrogen-bond donors (Lipinski definition) is 1. The molecular formula is C15H20N2OS. The first-order chi connectivity index (χ1) is 8.91. The highest BCUT2D eigenvalue weighted by Crippen LogP contribution is 2.30. The van der Waals surface area contributed by atoms with Crippen LogP contribution in [0.1, 0.15) is 36.2 Å². The lowest BCUT2D eigenvalue weighted by Crippen LogP contribution is -2.10. The fourth-order valence-corrected chi connectivity index (χ4v) is 2.86. The van der Waals surface area contributed by atoms with Gasteiger partial charge in [-0.25, -0.2) is 10.9 Å². The van der Waals surface area contributed by atoms with Gasteiger partial charge >= 0.3 is 0 Å². The summed E-state index contributed by atoms with van der Waals surface area (Å²) in [6.45, 7) is 9.09. The maximum atomic E-state index is 5.09. The number of aryl methyl sites for hydroxylation is 1. The first-order valence-corrected chi connectivity index (χ1v) is 7.12. The molecule has 0 aliphatic rings. The van der Waals surface area contributed by atoms with Crippen LogP contribution in [-0.4, -0.2) is 4.98 Å². The van der Waals surface area contributed by atoms with Crippen molar-refractivity contribution >= 4 is 11.3 Å². The summed E-state index contributed by atoms with van der Waals surface area (Å²) < 4.78 is 0. The van der Waals surface area contributed by atoms with Crippen LogP contribution in [-0.2, 0) is 16.9 Å². The van der Waals surface area contributed by atoms with Gasteiger partial charge in [-0.3, -0.25) is 4.84 Å². The molecule has 2 N–H and O–H groups in total. The SMILES string of the molecule is Cc1sc(CON)nc1-c1ccc(C(C)(C)C)cc1. The molecule has 0 bridgehead atoms. The summed E-state index contributed by atoms with van der Waals surface area (Å²) in [7, 11) is 0. The van der Waals surface area contributed by atoms with E-state index in [9.17, 15) is 0 Å². The highest BCUT2D eigenvalue weighted by molar-refractivity contribution is 7.12. The van der Waals surface area contributed by atoms with Crippen molar-refractivity contribution in [2.45, 2.75) is 39.7 Å². The van der Waals surface area contributed by atoms with Gasteiger partial charge in [-0.1, -0.05) is 45.0 Å². The molecule has 4 heteroatoms. The number of rotatable bonds is 3. The van der Waals surface area contributed by atoms with Gasteiger partial charge in [-0.15, -0.1) is 11.3 Å². The molecule has 0 amide bonds. The second-order valence-corrected chi connectivity index (χ2v) is 6.94. The van der Waals surface area contributed by atoms with Crippen LogP contribution in [0.2, 0.25) is 0 Å². The minimum absolute atomic E-state index is 0.175. The van der Waals surface area contributed by atoms with E-state index in [1.807, 2.05) is 0 Å². The van der Waals surface area contributed by atoms with E-state index < -0.39 is 0 Å². The van der Waals surface area contributed by atoms with Gasteiger partial charge in [0, 0.05) is 10.4 Å². The topological polar surface area (TPSA) is 48.1 Å². The molecule has 19 heavy (non-hydrogen) atoms. The Morgan fingerprint density at radius 3 is 2.37 bits per heavy atom. The highest BCUT2D eigenvalue weighted by Gasteiger charge is 2.14. The summed E-state index contributed by atoms with van der Waals surface area (Å²) in [6.07, 6.45) is 0. The van der Waals surface area contributed by atoms with Crippen LogP contribution in [0.25, 0.3) is 11.3 Å². The van der Waals surface area contributed by atoms with Gasteiger partial charge in [0.1, 0.15) is 11.6 Å². The van der Waals surface area contributed by atoms with Crippen molar-refractivity contribution in [3.05, 3.63) is 39.7 Å². The standard InChI is InChI=1S/C15H20N2OS/c1-10-14(17-13(19-10)9-18-16)11-5-7-12(8-6-11)15(2,3)4/h5-8H,9,16H2,1-4H3. The van der Waals surface area contributed by atoms with Crippen LogP contribution >= 0.6 is 11.3 Å². The largest absolute Gasteiger partial charge is 0.297 e. The lowest BCUT2D eigenvalue weighted by Gasteiger charge is -2.19. The fraction of sp³-hybridized carbons (Fsp3) is 0.400. The quantitative estimate of drug-likeness (QED) is 0.867. The monoisotopic (exact) mass is 276 g/mol. The maximum Gasteiger partial charge on any atom is 0.121 e. The van der Waals surface area contributed by atoms with E-state index in [-0.39, 0.29) is 5.41 Å². The van der Waals surface area contributed by atoms with Gasteiger partial charge in [0.15, 0.2) is 0 Å². The van der Waals surface area contributed by atoms with Gasteiger partial charge in [0.2, 0.25) is 0 Å².